The summed E-state index contributed by atoms with van der Waals surface area (Å²) in [6, 6.07) is 5.99. The average molecular weight is 367 g/mol. The number of likely N-dealkylation sites (N-methyl/N-ethyl adjacent to an activating group) is 1. The van der Waals surface area contributed by atoms with E-state index in [2.05, 4.69) is 6.58 Å². The predicted octanol–water partition coefficient (Wildman–Crippen LogP) is 0.741. The van der Waals surface area contributed by atoms with Crippen LogP contribution in [0.4, 0.5) is 4.79 Å². The number of primary amides is 1. The lowest BCUT2D eigenvalue weighted by Gasteiger charge is -2.52. The Balaban J connectivity index is 1.84. The van der Waals surface area contributed by atoms with E-state index in [9.17, 15) is 19.5 Å². The van der Waals surface area contributed by atoms with Crippen molar-refractivity contribution in [2.75, 3.05) is 7.05 Å². The van der Waals surface area contributed by atoms with Crippen LogP contribution in [0.5, 0.6) is 0 Å². The summed E-state index contributed by atoms with van der Waals surface area (Å²) in [6.45, 7) is 3.87. The molecule has 0 radical (unpaired) electrons. The molecule has 5 unspecified atom stereocenters. The lowest BCUT2D eigenvalue weighted by molar-refractivity contribution is -0.136. The van der Waals surface area contributed by atoms with Gasteiger partial charge in [-0.25, -0.2) is 4.79 Å². The Morgan fingerprint density at radius 3 is 2.37 bits per heavy atom. The summed E-state index contributed by atoms with van der Waals surface area (Å²) >= 11 is 0. The van der Waals surface area contributed by atoms with Crippen molar-refractivity contribution in [3.05, 3.63) is 54.1 Å². The number of aliphatic hydroxyl groups is 1. The van der Waals surface area contributed by atoms with E-state index in [0.717, 1.165) is 16.7 Å². The van der Waals surface area contributed by atoms with E-state index in [-0.39, 0.29) is 24.6 Å². The molecule has 27 heavy (non-hydrogen) atoms. The van der Waals surface area contributed by atoms with Crippen molar-refractivity contribution in [2.45, 2.75) is 18.7 Å². The molecule has 3 N–H and O–H groups in total. The molecular formula is C20H21N3O4. The Morgan fingerprint density at radius 2 is 1.81 bits per heavy atom. The summed E-state index contributed by atoms with van der Waals surface area (Å²) in [6.07, 6.45) is 3.79. The Bertz CT molecular complexity index is 876. The molecule has 0 saturated carbocycles. The van der Waals surface area contributed by atoms with Crippen molar-refractivity contribution in [3.8, 4) is 0 Å². The second kappa shape index (κ2) is 6.14. The first-order valence-corrected chi connectivity index (χ1v) is 8.84. The van der Waals surface area contributed by atoms with E-state index in [4.69, 9.17) is 5.73 Å². The second-order valence-corrected chi connectivity index (χ2v) is 7.29. The molecular weight excluding hydrogens is 346 g/mol. The fraction of sp³-hybridized carbons (Fsp3) is 0.350. The number of imide groups is 3. The number of nitrogens with zero attached hydrogens (tertiary/aromatic N) is 2. The van der Waals surface area contributed by atoms with Gasteiger partial charge in [-0.05, 0) is 23.7 Å². The SMILES string of the molecule is C=CC1C2C(c3ccc(CO)cc3)=CC(C3C(=O)N(C(N)=O)C(=O)C32)N1C. The highest BCUT2D eigenvalue weighted by Crippen LogP contribution is 2.53. The third kappa shape index (κ3) is 2.32. The van der Waals surface area contributed by atoms with Crippen molar-refractivity contribution >= 4 is 23.4 Å². The number of likely N-dealkylation sites (tertiary alicyclic amines) is 1. The molecule has 3 heterocycles. The van der Waals surface area contributed by atoms with Crippen molar-refractivity contribution in [1.29, 1.82) is 0 Å². The number of hydrogen-bond donors (Lipinski definition) is 2. The zero-order valence-corrected chi connectivity index (χ0v) is 14.9. The zero-order valence-electron chi connectivity index (χ0n) is 14.9. The van der Waals surface area contributed by atoms with Crippen LogP contribution < -0.4 is 5.73 Å². The van der Waals surface area contributed by atoms with Gasteiger partial charge in [0.1, 0.15) is 0 Å². The van der Waals surface area contributed by atoms with Gasteiger partial charge < -0.3 is 10.8 Å². The van der Waals surface area contributed by atoms with Crippen LogP contribution in [0.25, 0.3) is 5.57 Å². The quantitative estimate of drug-likeness (QED) is 0.606. The minimum atomic E-state index is -1.02. The minimum Gasteiger partial charge on any atom is -0.392 e. The Kier molecular flexibility index (Phi) is 4.01. The molecule has 3 aliphatic heterocycles. The molecule has 7 heteroatoms. The number of carbonyl (C=O) groups excluding carboxylic acids is 3. The molecule has 2 saturated heterocycles. The number of fused-ring (bicyclic) bond motifs is 1. The Morgan fingerprint density at radius 1 is 1.19 bits per heavy atom. The van der Waals surface area contributed by atoms with E-state index in [1.165, 1.54) is 0 Å². The first kappa shape index (κ1) is 17.6. The molecule has 7 nitrogen and oxygen atoms in total. The van der Waals surface area contributed by atoms with Crippen LogP contribution in [0.15, 0.2) is 43.0 Å². The lowest BCUT2D eigenvalue weighted by Crippen LogP contribution is -2.60. The molecule has 1 aromatic rings. The first-order valence-electron chi connectivity index (χ1n) is 8.84. The molecule has 2 fully saturated rings. The molecule has 5 rings (SSSR count). The first-order chi connectivity index (χ1) is 12.9. The maximum absolute atomic E-state index is 12.9. The van der Waals surface area contributed by atoms with E-state index in [1.807, 2.05) is 42.3 Å². The van der Waals surface area contributed by atoms with Gasteiger partial charge in [0.05, 0.1) is 18.4 Å². The fourth-order valence-corrected chi connectivity index (χ4v) is 4.88. The monoisotopic (exact) mass is 367 g/mol. The van der Waals surface area contributed by atoms with E-state index < -0.39 is 29.7 Å². The van der Waals surface area contributed by atoms with Gasteiger partial charge in [-0.3, -0.25) is 14.5 Å². The van der Waals surface area contributed by atoms with Crippen molar-refractivity contribution in [1.82, 2.24) is 9.80 Å². The molecule has 4 amide bonds. The number of carbonyl (C=O) groups is 3. The molecule has 5 atom stereocenters. The van der Waals surface area contributed by atoms with E-state index in [1.54, 1.807) is 6.08 Å². The normalized spacial score (nSPS) is 32.4. The third-order valence-electron chi connectivity index (χ3n) is 6.10. The fourth-order valence-electron chi connectivity index (χ4n) is 4.88. The molecule has 1 aliphatic carbocycles. The van der Waals surface area contributed by atoms with Gasteiger partial charge >= 0.3 is 6.03 Å². The van der Waals surface area contributed by atoms with Crippen LogP contribution in [0.3, 0.4) is 0 Å². The minimum absolute atomic E-state index is 0.0470. The highest BCUT2D eigenvalue weighted by molar-refractivity contribution is 6.17. The highest BCUT2D eigenvalue weighted by Gasteiger charge is 2.63. The van der Waals surface area contributed by atoms with Gasteiger partial charge in [0.2, 0.25) is 11.8 Å². The summed E-state index contributed by atoms with van der Waals surface area (Å²) in [4.78, 5) is 40.0. The molecule has 1 aromatic carbocycles. The molecule has 4 aliphatic rings. The summed E-state index contributed by atoms with van der Waals surface area (Å²) in [7, 11) is 1.90. The number of benzene rings is 1. The number of nitrogens with two attached hydrogens (primary N) is 1. The zero-order chi connectivity index (χ0) is 19.5. The van der Waals surface area contributed by atoms with Crippen LogP contribution in [-0.4, -0.2) is 51.9 Å². The number of piperidine rings is 1. The van der Waals surface area contributed by atoms with Gasteiger partial charge in [-0.2, -0.15) is 4.90 Å². The molecule has 0 spiro atoms. The summed E-state index contributed by atoms with van der Waals surface area (Å²) < 4.78 is 0. The maximum atomic E-state index is 12.9. The summed E-state index contributed by atoms with van der Waals surface area (Å²) in [5, 5.41) is 9.26. The van der Waals surface area contributed by atoms with Gasteiger partial charge in [0, 0.05) is 18.0 Å². The summed E-state index contributed by atoms with van der Waals surface area (Å²) in [5.41, 5.74) is 7.98. The third-order valence-corrected chi connectivity index (χ3v) is 6.10. The van der Waals surface area contributed by atoms with Crippen LogP contribution in [0.2, 0.25) is 0 Å². The largest absolute Gasteiger partial charge is 0.392 e. The number of amides is 4. The van der Waals surface area contributed by atoms with E-state index >= 15 is 0 Å². The average Bonchev–Trinajstić information content (AvgIpc) is 2.94. The van der Waals surface area contributed by atoms with Gasteiger partial charge in [-0.1, -0.05) is 36.4 Å². The smallest absolute Gasteiger partial charge is 0.328 e. The van der Waals surface area contributed by atoms with E-state index in [0.29, 0.717) is 4.90 Å². The van der Waals surface area contributed by atoms with Gasteiger partial charge in [-0.15, -0.1) is 6.58 Å². The van der Waals surface area contributed by atoms with Crippen molar-refractivity contribution < 1.29 is 19.5 Å². The number of hydrogen-bond acceptors (Lipinski definition) is 5. The van der Waals surface area contributed by atoms with Crippen molar-refractivity contribution in [3.63, 3.8) is 0 Å². The van der Waals surface area contributed by atoms with Crippen LogP contribution in [-0.2, 0) is 16.2 Å². The van der Waals surface area contributed by atoms with Crippen LogP contribution in [0, 0.1) is 17.8 Å². The topological polar surface area (TPSA) is 104 Å². The Hall–Kier alpha value is -2.77. The van der Waals surface area contributed by atoms with Gasteiger partial charge in [0.15, 0.2) is 0 Å². The Labute approximate surface area is 156 Å². The number of aliphatic hydroxyl groups excluding tert-OH is 1. The lowest BCUT2D eigenvalue weighted by atomic mass is 9.62. The number of urea groups is 1. The van der Waals surface area contributed by atoms with Gasteiger partial charge in [0.25, 0.3) is 0 Å². The molecule has 140 valence electrons. The van der Waals surface area contributed by atoms with Crippen molar-refractivity contribution in [2.24, 2.45) is 23.5 Å². The maximum Gasteiger partial charge on any atom is 0.328 e. The highest BCUT2D eigenvalue weighted by atomic mass is 16.3. The molecule has 2 bridgehead atoms. The van der Waals surface area contributed by atoms with Crippen LogP contribution >= 0.6 is 0 Å². The standard InChI is InChI=1S/C20H21N3O4/c1-3-13-15-12(11-6-4-10(9-24)5-7-11)8-14(22(13)2)16-17(15)19(26)23(18(16)25)20(21)27/h3-8,13-17,24H,1,9H2,2H3,(H2,21,27). The number of rotatable bonds is 3. The molecule has 0 aromatic heterocycles. The summed E-state index contributed by atoms with van der Waals surface area (Å²) in [5.74, 6) is -2.59. The second-order valence-electron chi connectivity index (χ2n) is 7.29. The predicted molar refractivity (Wildman–Crippen MR) is 97.8 cm³/mol. The van der Waals surface area contributed by atoms with Crippen LogP contribution in [0.1, 0.15) is 11.1 Å².